The van der Waals surface area contributed by atoms with Crippen molar-refractivity contribution in [2.45, 2.75) is 13.8 Å². The molecule has 1 saturated heterocycles. The van der Waals surface area contributed by atoms with Crippen molar-refractivity contribution in [1.82, 2.24) is 9.88 Å². The fourth-order valence-corrected chi connectivity index (χ4v) is 3.73. The maximum atomic E-state index is 12.9. The van der Waals surface area contributed by atoms with Gasteiger partial charge in [-0.15, -0.1) is 0 Å². The zero-order valence-corrected chi connectivity index (χ0v) is 15.9. The van der Waals surface area contributed by atoms with Crippen LogP contribution in [0.3, 0.4) is 0 Å². The largest absolute Gasteiger partial charge is 0.368 e. The summed E-state index contributed by atoms with van der Waals surface area (Å²) in [5.74, 6) is 0.0449. The molecule has 1 N–H and O–H groups in total. The molecule has 0 atom stereocenters. The van der Waals surface area contributed by atoms with Crippen LogP contribution in [0.5, 0.6) is 0 Å². The van der Waals surface area contributed by atoms with E-state index in [4.69, 9.17) is 0 Å². The fraction of sp³-hybridized carbons (Fsp3) is 0.286. The second-order valence-electron chi connectivity index (χ2n) is 7.19. The monoisotopic (exact) mass is 378 g/mol. The summed E-state index contributed by atoms with van der Waals surface area (Å²) in [6, 6.07) is 12.4. The van der Waals surface area contributed by atoms with E-state index in [1.807, 2.05) is 30.0 Å². The molecule has 7 heteroatoms. The lowest BCUT2D eigenvalue weighted by atomic mass is 10.1. The highest BCUT2D eigenvalue weighted by atomic mass is 16.6. The van der Waals surface area contributed by atoms with Gasteiger partial charge in [0.15, 0.2) is 0 Å². The predicted octanol–water partition coefficient (Wildman–Crippen LogP) is 3.66. The third-order valence-corrected chi connectivity index (χ3v) is 5.55. The van der Waals surface area contributed by atoms with Crippen LogP contribution in [0.1, 0.15) is 21.6 Å². The van der Waals surface area contributed by atoms with Gasteiger partial charge in [-0.1, -0.05) is 0 Å². The molecule has 2 aromatic carbocycles. The van der Waals surface area contributed by atoms with Crippen LogP contribution < -0.4 is 4.90 Å². The van der Waals surface area contributed by atoms with Gasteiger partial charge in [0.05, 0.1) is 4.92 Å². The molecule has 0 radical (unpaired) electrons. The number of H-pyrrole nitrogens is 1. The van der Waals surface area contributed by atoms with Crippen LogP contribution in [0.2, 0.25) is 0 Å². The number of benzene rings is 2. The van der Waals surface area contributed by atoms with E-state index in [1.54, 1.807) is 12.1 Å². The van der Waals surface area contributed by atoms with Gasteiger partial charge in [-0.3, -0.25) is 14.9 Å². The van der Waals surface area contributed by atoms with Gasteiger partial charge in [0, 0.05) is 66.2 Å². The first kappa shape index (κ1) is 18.0. The molecule has 0 bridgehead atoms. The number of amides is 1. The van der Waals surface area contributed by atoms with E-state index in [1.165, 1.54) is 17.7 Å². The van der Waals surface area contributed by atoms with Crippen molar-refractivity contribution >= 4 is 28.2 Å². The first-order valence-electron chi connectivity index (χ1n) is 9.31. The smallest absolute Gasteiger partial charge is 0.269 e. The summed E-state index contributed by atoms with van der Waals surface area (Å²) >= 11 is 0. The summed E-state index contributed by atoms with van der Waals surface area (Å²) in [5, 5.41) is 11.9. The van der Waals surface area contributed by atoms with Crippen LogP contribution in [-0.2, 0) is 0 Å². The Bertz CT molecular complexity index is 1050. The van der Waals surface area contributed by atoms with Gasteiger partial charge < -0.3 is 14.8 Å². The van der Waals surface area contributed by atoms with E-state index >= 15 is 0 Å². The average Bonchev–Trinajstić information content (AvgIpc) is 3.01. The summed E-state index contributed by atoms with van der Waals surface area (Å²) in [6.45, 7) is 6.75. The number of aromatic nitrogens is 1. The van der Waals surface area contributed by atoms with E-state index in [0.717, 1.165) is 22.3 Å². The van der Waals surface area contributed by atoms with E-state index in [2.05, 4.69) is 16.8 Å². The van der Waals surface area contributed by atoms with Gasteiger partial charge in [-0.2, -0.15) is 0 Å². The molecule has 0 unspecified atom stereocenters. The second-order valence-corrected chi connectivity index (χ2v) is 7.19. The third kappa shape index (κ3) is 3.19. The molecule has 1 amide bonds. The van der Waals surface area contributed by atoms with Crippen molar-refractivity contribution in [1.29, 1.82) is 0 Å². The van der Waals surface area contributed by atoms with Crippen molar-refractivity contribution in [3.8, 4) is 0 Å². The highest BCUT2D eigenvalue weighted by molar-refractivity contribution is 5.99. The molecular weight excluding hydrogens is 356 g/mol. The van der Waals surface area contributed by atoms with Crippen molar-refractivity contribution in [2.24, 2.45) is 0 Å². The zero-order valence-electron chi connectivity index (χ0n) is 15.9. The molecule has 3 aromatic rings. The quantitative estimate of drug-likeness (QED) is 0.557. The summed E-state index contributed by atoms with van der Waals surface area (Å²) in [5.41, 5.74) is 5.08. The van der Waals surface area contributed by atoms with Gasteiger partial charge in [-0.05, 0) is 49.7 Å². The maximum absolute atomic E-state index is 12.9. The molecule has 1 aliphatic rings. The molecule has 144 valence electrons. The standard InChI is InChI=1S/C21H22N4O3/c1-14-15(2)22-20-8-3-16(13-19(14)20)21(26)24-11-9-23(10-12-24)17-4-6-18(7-5-17)25(27)28/h3-8,13,22H,9-12H2,1-2H3. The molecule has 1 fully saturated rings. The van der Waals surface area contributed by atoms with E-state index in [9.17, 15) is 14.9 Å². The van der Waals surface area contributed by atoms with Gasteiger partial charge in [0.1, 0.15) is 0 Å². The van der Waals surface area contributed by atoms with Crippen LogP contribution in [0.4, 0.5) is 11.4 Å². The first-order valence-corrected chi connectivity index (χ1v) is 9.31. The summed E-state index contributed by atoms with van der Waals surface area (Å²) in [4.78, 5) is 30.7. The molecular formula is C21H22N4O3. The van der Waals surface area contributed by atoms with Gasteiger partial charge in [-0.25, -0.2) is 0 Å². The van der Waals surface area contributed by atoms with Crippen LogP contribution >= 0.6 is 0 Å². The maximum Gasteiger partial charge on any atom is 0.269 e. The number of nitrogens with one attached hydrogen (secondary N) is 1. The minimum absolute atomic E-state index is 0.0449. The number of aromatic amines is 1. The van der Waals surface area contributed by atoms with Crippen LogP contribution in [-0.4, -0.2) is 46.9 Å². The summed E-state index contributed by atoms with van der Waals surface area (Å²) in [7, 11) is 0. The SMILES string of the molecule is Cc1[nH]c2ccc(C(=O)N3CCN(c4ccc([N+](=O)[O-])cc4)CC3)cc2c1C. The molecule has 0 spiro atoms. The summed E-state index contributed by atoms with van der Waals surface area (Å²) < 4.78 is 0. The Morgan fingerprint density at radius 2 is 1.71 bits per heavy atom. The number of fused-ring (bicyclic) bond motifs is 1. The average molecular weight is 378 g/mol. The van der Waals surface area contributed by atoms with Gasteiger partial charge in [0.2, 0.25) is 0 Å². The Labute approximate surface area is 162 Å². The number of rotatable bonds is 3. The number of carbonyl (C=O) groups is 1. The Kier molecular flexibility index (Phi) is 4.50. The van der Waals surface area contributed by atoms with Crippen LogP contribution in [0, 0.1) is 24.0 Å². The second kappa shape index (κ2) is 6.99. The Balaban J connectivity index is 1.45. The number of piperazine rings is 1. The number of non-ortho nitro benzene ring substituents is 1. The molecule has 1 aliphatic heterocycles. The van der Waals surface area contributed by atoms with Gasteiger partial charge >= 0.3 is 0 Å². The predicted molar refractivity (Wildman–Crippen MR) is 109 cm³/mol. The molecule has 2 heterocycles. The third-order valence-electron chi connectivity index (χ3n) is 5.55. The number of carbonyl (C=O) groups excluding carboxylic acids is 1. The normalized spacial score (nSPS) is 14.5. The molecule has 0 aliphatic carbocycles. The number of anilines is 1. The first-order chi connectivity index (χ1) is 13.4. The van der Waals surface area contributed by atoms with E-state index in [0.29, 0.717) is 31.7 Å². The van der Waals surface area contributed by atoms with E-state index in [-0.39, 0.29) is 11.6 Å². The number of nitro benzene ring substituents is 1. The number of hydrogen-bond acceptors (Lipinski definition) is 4. The number of hydrogen-bond donors (Lipinski definition) is 1. The highest BCUT2D eigenvalue weighted by Crippen LogP contribution is 2.24. The van der Waals surface area contributed by atoms with Crippen molar-refractivity contribution < 1.29 is 9.72 Å². The van der Waals surface area contributed by atoms with Crippen LogP contribution in [0.15, 0.2) is 42.5 Å². The minimum atomic E-state index is -0.398. The Morgan fingerprint density at radius 3 is 2.36 bits per heavy atom. The lowest BCUT2D eigenvalue weighted by Crippen LogP contribution is -2.48. The van der Waals surface area contributed by atoms with Crippen molar-refractivity contribution in [3.05, 3.63) is 69.4 Å². The van der Waals surface area contributed by atoms with E-state index < -0.39 is 4.92 Å². The minimum Gasteiger partial charge on any atom is -0.368 e. The zero-order chi connectivity index (χ0) is 19.8. The lowest BCUT2D eigenvalue weighted by molar-refractivity contribution is -0.384. The Morgan fingerprint density at radius 1 is 1.04 bits per heavy atom. The van der Waals surface area contributed by atoms with Gasteiger partial charge in [0.25, 0.3) is 11.6 Å². The molecule has 7 nitrogen and oxygen atoms in total. The number of aryl methyl sites for hydroxylation is 2. The molecule has 0 saturated carbocycles. The molecule has 4 rings (SSSR count). The lowest BCUT2D eigenvalue weighted by Gasteiger charge is -2.36. The molecule has 1 aromatic heterocycles. The van der Waals surface area contributed by atoms with Crippen molar-refractivity contribution in [2.75, 3.05) is 31.1 Å². The topological polar surface area (TPSA) is 82.5 Å². The van der Waals surface area contributed by atoms with Crippen molar-refractivity contribution in [3.63, 3.8) is 0 Å². The molecule has 28 heavy (non-hydrogen) atoms. The highest BCUT2D eigenvalue weighted by Gasteiger charge is 2.23. The summed E-state index contributed by atoms with van der Waals surface area (Å²) in [6.07, 6.45) is 0. The van der Waals surface area contributed by atoms with Crippen LogP contribution in [0.25, 0.3) is 10.9 Å². The number of nitro groups is 1. The fourth-order valence-electron chi connectivity index (χ4n) is 3.73. The number of nitrogens with zero attached hydrogens (tertiary/aromatic N) is 3. The Hall–Kier alpha value is -3.35.